The molecule has 0 heterocycles. The Hall–Kier alpha value is -3.13. The van der Waals surface area contributed by atoms with Crippen LogP contribution < -0.4 is 5.32 Å². The molecule has 0 aliphatic heterocycles. The predicted molar refractivity (Wildman–Crippen MR) is 108 cm³/mol. The molecule has 0 aromatic heterocycles. The highest BCUT2D eigenvalue weighted by molar-refractivity contribution is 5.91. The van der Waals surface area contributed by atoms with Gasteiger partial charge in [0.15, 0.2) is 6.61 Å². The second kappa shape index (κ2) is 9.70. The Balaban J connectivity index is 1.98. The van der Waals surface area contributed by atoms with E-state index in [2.05, 4.69) is 31.3 Å². The maximum absolute atomic E-state index is 12.3. The number of esters is 1. The molecule has 146 valence electrons. The van der Waals surface area contributed by atoms with Crippen LogP contribution in [0.5, 0.6) is 0 Å². The van der Waals surface area contributed by atoms with Gasteiger partial charge in [-0.1, -0.05) is 58.0 Å². The summed E-state index contributed by atoms with van der Waals surface area (Å²) >= 11 is 0. The van der Waals surface area contributed by atoms with Gasteiger partial charge in [-0.2, -0.15) is 5.26 Å². The first-order chi connectivity index (χ1) is 13.3. The number of carbonyl (C=O) groups excluding carboxylic acids is 2. The number of rotatable bonds is 7. The summed E-state index contributed by atoms with van der Waals surface area (Å²) in [6, 6.07) is 16.2. The zero-order valence-corrected chi connectivity index (χ0v) is 16.7. The number of carbonyl (C=O) groups is 2. The van der Waals surface area contributed by atoms with Gasteiger partial charge in [-0.15, -0.1) is 0 Å². The number of hydrogen-bond acceptors (Lipinski definition) is 4. The fourth-order valence-corrected chi connectivity index (χ4v) is 2.87. The maximum Gasteiger partial charge on any atom is 0.338 e. The van der Waals surface area contributed by atoms with Crippen LogP contribution in [0.15, 0.2) is 48.5 Å². The van der Waals surface area contributed by atoms with Crippen LogP contribution in [0.1, 0.15) is 66.7 Å². The third-order valence-corrected chi connectivity index (χ3v) is 4.51. The zero-order chi connectivity index (χ0) is 20.7. The second-order valence-corrected chi connectivity index (χ2v) is 7.38. The summed E-state index contributed by atoms with van der Waals surface area (Å²) in [6.45, 7) is 7.96. The van der Waals surface area contributed by atoms with Gasteiger partial charge in [0.2, 0.25) is 0 Å². The minimum absolute atomic E-state index is 0.172. The smallest absolute Gasteiger partial charge is 0.338 e. The fraction of sp³-hybridized carbons (Fsp3) is 0.348. The van der Waals surface area contributed by atoms with Crippen molar-refractivity contribution < 1.29 is 14.3 Å². The van der Waals surface area contributed by atoms with E-state index in [0.717, 1.165) is 5.56 Å². The lowest BCUT2D eigenvalue weighted by atomic mass is 9.93. The lowest BCUT2D eigenvalue weighted by molar-refractivity contribution is -0.125. The Bertz CT molecular complexity index is 864. The summed E-state index contributed by atoms with van der Waals surface area (Å²) in [5.74, 6) is -0.372. The fourth-order valence-electron chi connectivity index (χ4n) is 2.87. The summed E-state index contributed by atoms with van der Waals surface area (Å²) in [5, 5.41) is 11.8. The molecule has 28 heavy (non-hydrogen) atoms. The highest BCUT2D eigenvalue weighted by Gasteiger charge is 2.19. The van der Waals surface area contributed by atoms with Gasteiger partial charge in [0.05, 0.1) is 23.2 Å². The first-order valence-electron chi connectivity index (χ1n) is 9.38. The summed E-state index contributed by atoms with van der Waals surface area (Å²) in [7, 11) is 0. The predicted octanol–water partition coefficient (Wildman–Crippen LogP) is 4.35. The van der Waals surface area contributed by atoms with E-state index in [4.69, 9.17) is 10.00 Å². The van der Waals surface area contributed by atoms with Crippen LogP contribution in [0.4, 0.5) is 0 Å². The summed E-state index contributed by atoms with van der Waals surface area (Å²) < 4.78 is 5.10. The Morgan fingerprint density at radius 2 is 1.68 bits per heavy atom. The number of benzene rings is 2. The molecule has 0 aliphatic carbocycles. The van der Waals surface area contributed by atoms with Crippen molar-refractivity contribution in [1.82, 2.24) is 5.32 Å². The Morgan fingerprint density at radius 3 is 2.25 bits per heavy atom. The Kier molecular flexibility index (Phi) is 7.34. The third kappa shape index (κ3) is 5.68. The summed E-state index contributed by atoms with van der Waals surface area (Å²) in [4.78, 5) is 24.4. The Labute approximate surface area is 166 Å². The largest absolute Gasteiger partial charge is 0.452 e. The van der Waals surface area contributed by atoms with E-state index in [0.29, 0.717) is 11.5 Å². The van der Waals surface area contributed by atoms with E-state index < -0.39 is 5.97 Å². The van der Waals surface area contributed by atoms with Gasteiger partial charge in [-0.05, 0) is 41.2 Å². The van der Waals surface area contributed by atoms with Crippen molar-refractivity contribution in [2.75, 3.05) is 6.61 Å². The SMILES string of the molecule is CC(C)c1ccc([C@@H](NC(=O)COC(=O)c2cccc(C#N)c2)C(C)C)cc1. The molecule has 5 heteroatoms. The molecule has 0 saturated heterocycles. The first-order valence-corrected chi connectivity index (χ1v) is 9.38. The zero-order valence-electron chi connectivity index (χ0n) is 16.7. The molecule has 2 aromatic rings. The molecular formula is C23H26N2O3. The monoisotopic (exact) mass is 378 g/mol. The minimum atomic E-state index is -0.630. The number of hydrogen-bond donors (Lipinski definition) is 1. The highest BCUT2D eigenvalue weighted by atomic mass is 16.5. The van der Waals surface area contributed by atoms with Gasteiger partial charge in [0.25, 0.3) is 5.91 Å². The van der Waals surface area contributed by atoms with Crippen LogP contribution in [-0.2, 0) is 9.53 Å². The van der Waals surface area contributed by atoms with Crippen molar-refractivity contribution in [2.45, 2.75) is 39.7 Å². The van der Waals surface area contributed by atoms with Gasteiger partial charge in [-0.3, -0.25) is 4.79 Å². The van der Waals surface area contributed by atoms with E-state index >= 15 is 0 Å². The summed E-state index contributed by atoms with van der Waals surface area (Å²) in [6.07, 6.45) is 0. The molecule has 0 fully saturated rings. The molecule has 2 rings (SSSR count). The molecule has 1 amide bonds. The van der Waals surface area contributed by atoms with Gasteiger partial charge in [-0.25, -0.2) is 4.79 Å². The molecule has 5 nitrogen and oxygen atoms in total. The lowest BCUT2D eigenvalue weighted by Crippen LogP contribution is -2.35. The summed E-state index contributed by atoms with van der Waals surface area (Å²) in [5.41, 5.74) is 2.87. The standard InChI is InChI=1S/C23H26N2O3/c1-15(2)18-8-10-19(11-9-18)22(16(3)4)25-21(26)14-28-23(27)20-7-5-6-17(12-20)13-24/h5-12,15-16,22H,14H2,1-4H3,(H,25,26)/t22-/m0/s1. The van der Waals surface area contributed by atoms with Crippen molar-refractivity contribution in [3.63, 3.8) is 0 Å². The number of ether oxygens (including phenoxy) is 1. The average Bonchev–Trinajstić information content (AvgIpc) is 2.70. The van der Waals surface area contributed by atoms with Gasteiger partial charge in [0.1, 0.15) is 0 Å². The maximum atomic E-state index is 12.3. The molecule has 1 atom stereocenters. The molecule has 2 aromatic carbocycles. The number of nitriles is 1. The average molecular weight is 378 g/mol. The van der Waals surface area contributed by atoms with E-state index in [1.807, 2.05) is 32.0 Å². The quantitative estimate of drug-likeness (QED) is 0.726. The molecule has 0 unspecified atom stereocenters. The molecule has 1 N–H and O–H groups in total. The van der Waals surface area contributed by atoms with Crippen LogP contribution in [-0.4, -0.2) is 18.5 Å². The first kappa shape index (κ1) is 21.2. The van der Waals surface area contributed by atoms with Crippen LogP contribution in [0.25, 0.3) is 0 Å². The van der Waals surface area contributed by atoms with Crippen LogP contribution in [0, 0.1) is 17.2 Å². The number of amides is 1. The minimum Gasteiger partial charge on any atom is -0.452 e. The van der Waals surface area contributed by atoms with Crippen LogP contribution in [0.3, 0.4) is 0 Å². The second-order valence-electron chi connectivity index (χ2n) is 7.38. The lowest BCUT2D eigenvalue weighted by Gasteiger charge is -2.23. The van der Waals surface area contributed by atoms with Crippen molar-refractivity contribution >= 4 is 11.9 Å². The normalized spacial score (nSPS) is 11.8. The highest BCUT2D eigenvalue weighted by Crippen LogP contribution is 2.24. The molecule has 0 saturated carbocycles. The van der Waals surface area contributed by atoms with Crippen molar-refractivity contribution in [3.05, 3.63) is 70.8 Å². The topological polar surface area (TPSA) is 79.2 Å². The van der Waals surface area contributed by atoms with E-state index in [9.17, 15) is 9.59 Å². The van der Waals surface area contributed by atoms with Crippen LogP contribution in [0.2, 0.25) is 0 Å². The van der Waals surface area contributed by atoms with E-state index in [1.54, 1.807) is 18.2 Å². The molecule has 0 bridgehead atoms. The molecule has 0 spiro atoms. The van der Waals surface area contributed by atoms with E-state index in [-0.39, 0.29) is 30.0 Å². The van der Waals surface area contributed by atoms with Gasteiger partial charge < -0.3 is 10.1 Å². The molecule has 0 radical (unpaired) electrons. The number of nitrogens with zero attached hydrogens (tertiary/aromatic N) is 1. The van der Waals surface area contributed by atoms with Crippen LogP contribution >= 0.6 is 0 Å². The van der Waals surface area contributed by atoms with Gasteiger partial charge in [0, 0.05) is 0 Å². The van der Waals surface area contributed by atoms with Crippen molar-refractivity contribution in [3.8, 4) is 6.07 Å². The van der Waals surface area contributed by atoms with E-state index in [1.165, 1.54) is 11.6 Å². The number of nitrogens with one attached hydrogen (secondary N) is 1. The Morgan fingerprint density at radius 1 is 1.04 bits per heavy atom. The van der Waals surface area contributed by atoms with Crippen molar-refractivity contribution in [1.29, 1.82) is 5.26 Å². The molecular weight excluding hydrogens is 352 g/mol. The third-order valence-electron chi connectivity index (χ3n) is 4.51. The van der Waals surface area contributed by atoms with Crippen molar-refractivity contribution in [2.24, 2.45) is 5.92 Å². The van der Waals surface area contributed by atoms with Gasteiger partial charge >= 0.3 is 5.97 Å². The molecule has 0 aliphatic rings.